The van der Waals surface area contributed by atoms with E-state index in [2.05, 4.69) is 5.10 Å². The molecule has 0 aliphatic carbocycles. The average Bonchev–Trinajstić information content (AvgIpc) is 2.95. The molecular weight excluding hydrogens is 278 g/mol. The lowest BCUT2D eigenvalue weighted by atomic mass is 10.2. The monoisotopic (exact) mass is 289 g/mol. The number of aromatic nitrogens is 2. The summed E-state index contributed by atoms with van der Waals surface area (Å²) in [5.41, 5.74) is 1.35. The Balaban J connectivity index is 1.92. The highest BCUT2D eigenvalue weighted by Crippen LogP contribution is 2.29. The van der Waals surface area contributed by atoms with Gasteiger partial charge in [0.1, 0.15) is 6.04 Å². The number of aryl methyl sites for hydroxylation is 1. The molecule has 1 aromatic carbocycles. The van der Waals surface area contributed by atoms with Gasteiger partial charge in [0, 0.05) is 11.2 Å². The van der Waals surface area contributed by atoms with Crippen LogP contribution in [0.5, 0.6) is 0 Å². The molecule has 1 aliphatic rings. The maximum Gasteiger partial charge on any atom is 0.259 e. The Kier molecular flexibility index (Phi) is 3.06. The highest BCUT2D eigenvalue weighted by Gasteiger charge is 2.41. The summed E-state index contributed by atoms with van der Waals surface area (Å²) < 4.78 is 1.55. The van der Waals surface area contributed by atoms with Gasteiger partial charge in [-0.3, -0.25) is 14.3 Å². The summed E-state index contributed by atoms with van der Waals surface area (Å²) in [7, 11) is 0. The van der Waals surface area contributed by atoms with E-state index in [9.17, 15) is 9.59 Å². The molecule has 5 nitrogen and oxygen atoms in total. The Morgan fingerprint density at radius 1 is 1.20 bits per heavy atom. The van der Waals surface area contributed by atoms with Crippen LogP contribution in [-0.2, 0) is 9.59 Å². The minimum atomic E-state index is -0.563. The molecule has 3 rings (SSSR count). The molecule has 1 atom stereocenters. The zero-order valence-electron chi connectivity index (χ0n) is 10.8. The van der Waals surface area contributed by atoms with Gasteiger partial charge in [0.2, 0.25) is 5.91 Å². The Morgan fingerprint density at radius 2 is 1.90 bits per heavy atom. The normalized spacial score (nSPS) is 18.9. The summed E-state index contributed by atoms with van der Waals surface area (Å²) in [5, 5.41) is 4.78. The van der Waals surface area contributed by atoms with E-state index < -0.39 is 6.04 Å². The van der Waals surface area contributed by atoms with E-state index in [-0.39, 0.29) is 18.2 Å². The van der Waals surface area contributed by atoms with E-state index in [0.29, 0.717) is 10.7 Å². The predicted molar refractivity (Wildman–Crippen MR) is 74.6 cm³/mol. The Bertz CT molecular complexity index is 678. The average molecular weight is 290 g/mol. The van der Waals surface area contributed by atoms with Crippen LogP contribution in [-0.4, -0.2) is 21.6 Å². The van der Waals surface area contributed by atoms with Crippen molar-refractivity contribution in [2.45, 2.75) is 19.4 Å². The van der Waals surface area contributed by atoms with Gasteiger partial charge in [0.15, 0.2) is 0 Å². The summed E-state index contributed by atoms with van der Waals surface area (Å²) in [4.78, 5) is 25.7. The molecule has 1 aromatic heterocycles. The number of carbonyl (C=O) groups excluding carboxylic acids is 2. The number of amides is 2. The molecule has 20 heavy (non-hydrogen) atoms. The van der Waals surface area contributed by atoms with Crippen molar-refractivity contribution >= 4 is 29.1 Å². The third kappa shape index (κ3) is 2.10. The second-order valence-corrected chi connectivity index (χ2v) is 5.14. The van der Waals surface area contributed by atoms with Gasteiger partial charge < -0.3 is 0 Å². The molecule has 0 bridgehead atoms. The van der Waals surface area contributed by atoms with Crippen molar-refractivity contribution in [2.75, 3.05) is 4.90 Å². The van der Waals surface area contributed by atoms with Crippen LogP contribution in [0.3, 0.4) is 0 Å². The molecule has 0 spiro atoms. The van der Waals surface area contributed by atoms with Gasteiger partial charge in [0.05, 0.1) is 17.8 Å². The molecule has 2 heterocycles. The van der Waals surface area contributed by atoms with Gasteiger partial charge in [0.25, 0.3) is 5.91 Å². The fraction of sp³-hybridized carbons (Fsp3) is 0.214. The Hall–Kier alpha value is -2.14. The van der Waals surface area contributed by atoms with Gasteiger partial charge in [-0.2, -0.15) is 5.10 Å². The topological polar surface area (TPSA) is 55.2 Å². The predicted octanol–water partition coefficient (Wildman–Crippen LogP) is 2.35. The first kappa shape index (κ1) is 12.9. The Morgan fingerprint density at radius 3 is 2.50 bits per heavy atom. The molecule has 0 N–H and O–H groups in total. The first-order valence-electron chi connectivity index (χ1n) is 6.20. The van der Waals surface area contributed by atoms with Crippen LogP contribution in [0.25, 0.3) is 0 Å². The van der Waals surface area contributed by atoms with Crippen molar-refractivity contribution < 1.29 is 9.59 Å². The van der Waals surface area contributed by atoms with Crippen LogP contribution < -0.4 is 4.90 Å². The summed E-state index contributed by atoms with van der Waals surface area (Å²) in [6.07, 6.45) is 1.85. The van der Waals surface area contributed by atoms with Gasteiger partial charge >= 0.3 is 0 Å². The fourth-order valence-corrected chi connectivity index (χ4v) is 2.42. The number of halogens is 1. The second-order valence-electron chi connectivity index (χ2n) is 4.70. The Labute approximate surface area is 120 Å². The molecule has 2 amide bonds. The van der Waals surface area contributed by atoms with Crippen LogP contribution in [0.1, 0.15) is 18.2 Å². The third-order valence-electron chi connectivity index (χ3n) is 3.27. The number of rotatable bonds is 2. The number of carbonyl (C=O) groups is 2. The van der Waals surface area contributed by atoms with Crippen molar-refractivity contribution in [2.24, 2.45) is 0 Å². The van der Waals surface area contributed by atoms with Gasteiger partial charge in [-0.15, -0.1) is 0 Å². The van der Waals surface area contributed by atoms with Crippen LogP contribution >= 0.6 is 11.6 Å². The second kappa shape index (κ2) is 4.76. The number of hydrogen-bond acceptors (Lipinski definition) is 3. The smallest absolute Gasteiger partial charge is 0.259 e. The van der Waals surface area contributed by atoms with Gasteiger partial charge in [-0.05, 0) is 37.3 Å². The molecule has 0 radical (unpaired) electrons. The number of hydrogen-bond donors (Lipinski definition) is 0. The standard InChI is InChI=1S/C14H12ClN3O2/c1-9-6-7-17(16-9)12-8-13(19)18(14(12)20)11-4-2-10(15)3-5-11/h2-7,12H,8H2,1H3/t12-/m0/s1. The minimum Gasteiger partial charge on any atom is -0.274 e. The van der Waals surface area contributed by atoms with E-state index in [1.807, 2.05) is 13.0 Å². The van der Waals surface area contributed by atoms with Gasteiger partial charge in [-0.1, -0.05) is 11.6 Å². The molecule has 102 valence electrons. The number of benzene rings is 1. The van der Waals surface area contributed by atoms with Crippen molar-refractivity contribution in [3.05, 3.63) is 47.2 Å². The zero-order chi connectivity index (χ0) is 14.3. The lowest BCUT2D eigenvalue weighted by Gasteiger charge is -2.15. The van der Waals surface area contributed by atoms with E-state index >= 15 is 0 Å². The molecule has 1 saturated heterocycles. The maximum atomic E-state index is 12.4. The SMILES string of the molecule is Cc1ccn([C@H]2CC(=O)N(c3ccc(Cl)cc3)C2=O)n1. The van der Waals surface area contributed by atoms with E-state index in [1.165, 1.54) is 4.90 Å². The number of anilines is 1. The number of nitrogens with zero attached hydrogens (tertiary/aromatic N) is 3. The summed E-state index contributed by atoms with van der Waals surface area (Å²) >= 11 is 5.82. The molecule has 0 saturated carbocycles. The fourth-order valence-electron chi connectivity index (χ4n) is 2.29. The van der Waals surface area contributed by atoms with Crippen molar-refractivity contribution in [3.8, 4) is 0 Å². The van der Waals surface area contributed by atoms with Gasteiger partial charge in [-0.25, -0.2) is 4.90 Å². The summed E-state index contributed by atoms with van der Waals surface area (Å²) in [6, 6.07) is 7.88. The largest absolute Gasteiger partial charge is 0.274 e. The molecule has 1 fully saturated rings. The quantitative estimate of drug-likeness (QED) is 0.798. The van der Waals surface area contributed by atoms with Crippen molar-refractivity contribution in [1.82, 2.24) is 9.78 Å². The van der Waals surface area contributed by atoms with E-state index in [1.54, 1.807) is 35.1 Å². The molecule has 0 unspecified atom stereocenters. The summed E-state index contributed by atoms with van der Waals surface area (Å²) in [5.74, 6) is -0.490. The highest BCUT2D eigenvalue weighted by molar-refractivity contribution is 6.30. The van der Waals surface area contributed by atoms with Crippen molar-refractivity contribution in [3.63, 3.8) is 0 Å². The lowest BCUT2D eigenvalue weighted by Crippen LogP contribution is -2.31. The third-order valence-corrected chi connectivity index (χ3v) is 3.52. The first-order valence-corrected chi connectivity index (χ1v) is 6.58. The highest BCUT2D eigenvalue weighted by atomic mass is 35.5. The van der Waals surface area contributed by atoms with Crippen LogP contribution in [0.15, 0.2) is 36.5 Å². The molecule has 1 aliphatic heterocycles. The molecule has 6 heteroatoms. The molecule has 2 aromatic rings. The lowest BCUT2D eigenvalue weighted by molar-refractivity contribution is -0.122. The minimum absolute atomic E-state index is 0.128. The number of imide groups is 1. The van der Waals surface area contributed by atoms with Crippen LogP contribution in [0.2, 0.25) is 5.02 Å². The van der Waals surface area contributed by atoms with E-state index in [4.69, 9.17) is 11.6 Å². The van der Waals surface area contributed by atoms with Crippen molar-refractivity contribution in [1.29, 1.82) is 0 Å². The molecular formula is C14H12ClN3O2. The first-order chi connectivity index (χ1) is 9.56. The van der Waals surface area contributed by atoms with E-state index in [0.717, 1.165) is 5.69 Å². The van der Waals surface area contributed by atoms with Crippen LogP contribution in [0, 0.1) is 6.92 Å². The maximum absolute atomic E-state index is 12.4. The summed E-state index contributed by atoms with van der Waals surface area (Å²) in [6.45, 7) is 1.84. The van der Waals surface area contributed by atoms with Crippen LogP contribution in [0.4, 0.5) is 5.69 Å². The zero-order valence-corrected chi connectivity index (χ0v) is 11.5.